The molecule has 1 saturated heterocycles. The van der Waals surface area contributed by atoms with Crippen LogP contribution in [0.15, 0.2) is 35.1 Å². The number of hydrogen-bond acceptors (Lipinski definition) is 5. The normalized spacial score (nSPS) is 19.5. The first kappa shape index (κ1) is 13.3. The molecule has 1 aromatic carbocycles. The van der Waals surface area contributed by atoms with Crippen molar-refractivity contribution in [2.24, 2.45) is 0 Å². The average Bonchev–Trinajstić information content (AvgIpc) is 3.19. The highest BCUT2D eigenvalue weighted by Crippen LogP contribution is 2.35. The van der Waals surface area contributed by atoms with Gasteiger partial charge in [-0.1, -0.05) is 0 Å². The zero-order valence-electron chi connectivity index (χ0n) is 12.1. The maximum atomic E-state index is 12.0. The van der Waals surface area contributed by atoms with E-state index in [0.29, 0.717) is 12.6 Å². The van der Waals surface area contributed by atoms with Crippen LogP contribution in [0.25, 0.3) is 11.3 Å². The minimum atomic E-state index is -0.0711. The van der Waals surface area contributed by atoms with Gasteiger partial charge in [0.2, 0.25) is 6.79 Å². The molecule has 6 nitrogen and oxygen atoms in total. The molecule has 114 valence electrons. The lowest BCUT2D eigenvalue weighted by atomic mass is 10.1. The number of fused-ring (bicyclic) bond motifs is 1. The maximum absolute atomic E-state index is 12.0. The largest absolute Gasteiger partial charge is 0.454 e. The zero-order chi connectivity index (χ0) is 14.9. The van der Waals surface area contributed by atoms with Crippen LogP contribution in [0.1, 0.15) is 12.8 Å². The molecule has 0 unspecified atom stereocenters. The first-order valence-corrected chi connectivity index (χ1v) is 7.51. The van der Waals surface area contributed by atoms with Gasteiger partial charge in [-0.2, -0.15) is 5.10 Å². The van der Waals surface area contributed by atoms with Gasteiger partial charge in [-0.15, -0.1) is 0 Å². The smallest absolute Gasteiger partial charge is 0.266 e. The Morgan fingerprint density at radius 2 is 2.14 bits per heavy atom. The second-order valence-corrected chi connectivity index (χ2v) is 5.60. The van der Waals surface area contributed by atoms with Crippen molar-refractivity contribution in [3.8, 4) is 22.8 Å². The molecular weight excluding hydrogens is 282 g/mol. The van der Waals surface area contributed by atoms with Gasteiger partial charge in [-0.25, -0.2) is 4.68 Å². The molecule has 1 N–H and O–H groups in total. The lowest BCUT2D eigenvalue weighted by molar-refractivity contribution is 0.174. The van der Waals surface area contributed by atoms with Crippen LogP contribution in [0.2, 0.25) is 0 Å². The Labute approximate surface area is 127 Å². The van der Waals surface area contributed by atoms with Gasteiger partial charge < -0.3 is 14.8 Å². The van der Waals surface area contributed by atoms with Crippen LogP contribution in [0, 0.1) is 0 Å². The van der Waals surface area contributed by atoms with Crippen molar-refractivity contribution in [1.29, 1.82) is 0 Å². The van der Waals surface area contributed by atoms with E-state index in [1.54, 1.807) is 16.8 Å². The zero-order valence-corrected chi connectivity index (χ0v) is 12.1. The minimum absolute atomic E-state index is 0.0711. The second kappa shape index (κ2) is 5.46. The van der Waals surface area contributed by atoms with Gasteiger partial charge >= 0.3 is 0 Å². The van der Waals surface area contributed by atoms with Crippen molar-refractivity contribution < 1.29 is 9.47 Å². The summed E-state index contributed by atoms with van der Waals surface area (Å²) in [4.78, 5) is 12.0. The van der Waals surface area contributed by atoms with Gasteiger partial charge in [0.15, 0.2) is 11.5 Å². The molecule has 2 aliphatic heterocycles. The van der Waals surface area contributed by atoms with E-state index in [1.807, 2.05) is 18.2 Å². The predicted molar refractivity (Wildman–Crippen MR) is 81.1 cm³/mol. The molecule has 0 saturated carbocycles. The number of hydrogen-bond donors (Lipinski definition) is 1. The first-order valence-electron chi connectivity index (χ1n) is 7.51. The Hall–Kier alpha value is -2.34. The van der Waals surface area contributed by atoms with E-state index in [4.69, 9.17) is 9.47 Å². The molecule has 2 aliphatic rings. The van der Waals surface area contributed by atoms with Crippen LogP contribution >= 0.6 is 0 Å². The van der Waals surface area contributed by atoms with E-state index < -0.39 is 0 Å². The fourth-order valence-corrected chi connectivity index (χ4v) is 2.91. The maximum Gasteiger partial charge on any atom is 0.266 e. The lowest BCUT2D eigenvalue weighted by Crippen LogP contribution is -2.33. The third-order valence-electron chi connectivity index (χ3n) is 4.09. The van der Waals surface area contributed by atoms with E-state index in [-0.39, 0.29) is 12.4 Å². The van der Waals surface area contributed by atoms with Crippen LogP contribution in [-0.2, 0) is 6.54 Å². The van der Waals surface area contributed by atoms with Crippen LogP contribution in [0.5, 0.6) is 11.5 Å². The summed E-state index contributed by atoms with van der Waals surface area (Å²) in [6, 6.07) is 9.34. The number of rotatable bonds is 3. The van der Waals surface area contributed by atoms with Crippen LogP contribution < -0.4 is 20.3 Å². The Balaban J connectivity index is 1.65. The van der Waals surface area contributed by atoms with Crippen LogP contribution in [0.4, 0.5) is 0 Å². The van der Waals surface area contributed by atoms with Crippen molar-refractivity contribution >= 4 is 0 Å². The number of ether oxygens (including phenoxy) is 2. The second-order valence-electron chi connectivity index (χ2n) is 5.60. The van der Waals surface area contributed by atoms with Crippen molar-refractivity contribution in [3.05, 3.63) is 40.7 Å². The fourth-order valence-electron chi connectivity index (χ4n) is 2.91. The summed E-state index contributed by atoms with van der Waals surface area (Å²) in [6.45, 7) is 1.87. The Morgan fingerprint density at radius 3 is 3.00 bits per heavy atom. The summed E-state index contributed by atoms with van der Waals surface area (Å²) in [7, 11) is 0. The SMILES string of the molecule is O=c1ccc(-c2ccc3c(c2)OCO3)nn1C[C@@H]1CCCN1. The van der Waals surface area contributed by atoms with Gasteiger partial charge in [-0.05, 0) is 43.7 Å². The number of nitrogens with zero attached hydrogens (tertiary/aromatic N) is 2. The quantitative estimate of drug-likeness (QED) is 0.928. The van der Waals surface area contributed by atoms with E-state index >= 15 is 0 Å². The van der Waals surface area contributed by atoms with Gasteiger partial charge in [0.05, 0.1) is 12.2 Å². The van der Waals surface area contributed by atoms with Crippen molar-refractivity contribution in [3.63, 3.8) is 0 Å². The first-order chi connectivity index (χ1) is 10.8. The third-order valence-corrected chi connectivity index (χ3v) is 4.09. The van der Waals surface area contributed by atoms with E-state index in [0.717, 1.165) is 42.1 Å². The van der Waals surface area contributed by atoms with E-state index in [1.165, 1.54) is 0 Å². The lowest BCUT2D eigenvalue weighted by Gasteiger charge is -2.12. The van der Waals surface area contributed by atoms with Gasteiger partial charge in [0, 0.05) is 17.7 Å². The summed E-state index contributed by atoms with van der Waals surface area (Å²) < 4.78 is 12.3. The average molecular weight is 299 g/mol. The molecule has 0 spiro atoms. The summed E-state index contributed by atoms with van der Waals surface area (Å²) >= 11 is 0. The number of aromatic nitrogens is 2. The molecule has 0 amide bonds. The van der Waals surface area contributed by atoms with Gasteiger partial charge in [-0.3, -0.25) is 4.79 Å². The molecule has 0 bridgehead atoms. The van der Waals surface area contributed by atoms with Gasteiger partial charge in [0.1, 0.15) is 0 Å². The van der Waals surface area contributed by atoms with Crippen LogP contribution in [-0.4, -0.2) is 29.2 Å². The van der Waals surface area contributed by atoms with Crippen molar-refractivity contribution in [2.45, 2.75) is 25.4 Å². The third kappa shape index (κ3) is 2.46. The number of nitrogens with one attached hydrogen (secondary N) is 1. The van der Waals surface area contributed by atoms with E-state index in [9.17, 15) is 4.79 Å². The summed E-state index contributed by atoms with van der Waals surface area (Å²) in [5.41, 5.74) is 1.60. The molecule has 6 heteroatoms. The highest BCUT2D eigenvalue weighted by Gasteiger charge is 2.17. The van der Waals surface area contributed by atoms with E-state index in [2.05, 4.69) is 10.4 Å². The topological polar surface area (TPSA) is 65.4 Å². The molecule has 1 aromatic heterocycles. The Bertz CT molecular complexity index is 751. The summed E-state index contributed by atoms with van der Waals surface area (Å²) in [6.07, 6.45) is 2.24. The Morgan fingerprint density at radius 1 is 1.23 bits per heavy atom. The molecule has 0 aliphatic carbocycles. The Kier molecular flexibility index (Phi) is 3.31. The predicted octanol–water partition coefficient (Wildman–Crippen LogP) is 1.39. The van der Waals surface area contributed by atoms with Gasteiger partial charge in [0.25, 0.3) is 5.56 Å². The minimum Gasteiger partial charge on any atom is -0.454 e. The molecule has 0 radical (unpaired) electrons. The summed E-state index contributed by atoms with van der Waals surface area (Å²) in [5, 5.41) is 7.89. The summed E-state index contributed by atoms with van der Waals surface area (Å²) in [5.74, 6) is 1.46. The van der Waals surface area contributed by atoms with Crippen LogP contribution in [0.3, 0.4) is 0 Å². The highest BCUT2D eigenvalue weighted by molar-refractivity contribution is 5.63. The molecule has 4 rings (SSSR count). The van der Waals surface area contributed by atoms with Crippen molar-refractivity contribution in [2.75, 3.05) is 13.3 Å². The molecule has 3 heterocycles. The highest BCUT2D eigenvalue weighted by atomic mass is 16.7. The molecule has 2 aromatic rings. The van der Waals surface area contributed by atoms with Crippen molar-refractivity contribution in [1.82, 2.24) is 15.1 Å². The molecular formula is C16H17N3O3. The standard InChI is InChI=1S/C16H17N3O3/c20-16-6-4-13(18-19(16)9-12-2-1-7-17-12)11-3-5-14-15(8-11)22-10-21-14/h3-6,8,12,17H,1-2,7,9-10H2/t12-/m0/s1. The molecule has 1 fully saturated rings. The molecule has 1 atom stereocenters. The number of benzene rings is 1. The monoisotopic (exact) mass is 299 g/mol. The molecule has 22 heavy (non-hydrogen) atoms. The fraction of sp³-hybridized carbons (Fsp3) is 0.375.